The van der Waals surface area contributed by atoms with Crippen LogP contribution in [0.2, 0.25) is 0 Å². The minimum atomic E-state index is -0.310. The molecule has 2 rings (SSSR count). The predicted molar refractivity (Wildman–Crippen MR) is 75.9 cm³/mol. The van der Waals surface area contributed by atoms with Crippen LogP contribution in [0.25, 0.3) is 0 Å². The van der Waals surface area contributed by atoms with Gasteiger partial charge in [-0.05, 0) is 18.7 Å². The van der Waals surface area contributed by atoms with Crippen molar-refractivity contribution in [2.24, 2.45) is 5.73 Å². The molecular formula is C14H22N4O2. The normalized spacial score (nSPS) is 20.2. The highest BCUT2D eigenvalue weighted by molar-refractivity contribution is 5.75. The maximum atomic E-state index is 10.9. The fourth-order valence-corrected chi connectivity index (χ4v) is 2.46. The molecule has 1 atom stereocenters. The molecule has 1 aromatic rings. The van der Waals surface area contributed by atoms with Crippen LogP contribution >= 0.6 is 0 Å². The fourth-order valence-electron chi connectivity index (χ4n) is 2.46. The van der Waals surface area contributed by atoms with E-state index in [0.29, 0.717) is 6.54 Å². The number of nitrogens with zero attached hydrogens (tertiary/aromatic N) is 3. The first-order valence-electron chi connectivity index (χ1n) is 6.83. The zero-order valence-corrected chi connectivity index (χ0v) is 11.9. The van der Waals surface area contributed by atoms with Gasteiger partial charge in [0.2, 0.25) is 5.91 Å². The van der Waals surface area contributed by atoms with E-state index in [4.69, 9.17) is 10.5 Å². The van der Waals surface area contributed by atoms with Gasteiger partial charge in [-0.1, -0.05) is 6.07 Å². The van der Waals surface area contributed by atoms with E-state index < -0.39 is 0 Å². The molecule has 0 aromatic carbocycles. The van der Waals surface area contributed by atoms with Crippen LogP contribution in [0, 0.1) is 0 Å². The lowest BCUT2D eigenvalue weighted by molar-refractivity contribution is -0.119. The number of hydrogen-bond acceptors (Lipinski definition) is 5. The summed E-state index contributed by atoms with van der Waals surface area (Å²) in [6.45, 7) is 4.36. The van der Waals surface area contributed by atoms with Crippen LogP contribution in [0.5, 0.6) is 0 Å². The highest BCUT2D eigenvalue weighted by Gasteiger charge is 2.22. The number of rotatable bonds is 6. The summed E-state index contributed by atoms with van der Waals surface area (Å²) < 4.78 is 5.75. The monoisotopic (exact) mass is 278 g/mol. The van der Waals surface area contributed by atoms with Gasteiger partial charge >= 0.3 is 0 Å². The molecule has 1 saturated heterocycles. The maximum absolute atomic E-state index is 10.9. The Hall–Kier alpha value is -1.50. The number of likely N-dealkylation sites (N-methyl/N-ethyl adjacent to an activating group) is 1. The Kier molecular flexibility index (Phi) is 5.46. The first kappa shape index (κ1) is 14.9. The minimum Gasteiger partial charge on any atom is -0.374 e. The summed E-state index contributed by atoms with van der Waals surface area (Å²) in [5.41, 5.74) is 6.40. The number of amides is 1. The molecular weight excluding hydrogens is 256 g/mol. The zero-order chi connectivity index (χ0) is 14.4. The third kappa shape index (κ3) is 4.88. The van der Waals surface area contributed by atoms with Gasteiger partial charge in [-0.15, -0.1) is 0 Å². The average molecular weight is 278 g/mol. The number of ether oxygens (including phenoxy) is 1. The van der Waals surface area contributed by atoms with Crippen molar-refractivity contribution < 1.29 is 9.53 Å². The smallest absolute Gasteiger partial charge is 0.231 e. The van der Waals surface area contributed by atoms with Crippen LogP contribution in [0.15, 0.2) is 24.5 Å². The van der Waals surface area contributed by atoms with Crippen molar-refractivity contribution in [1.82, 2.24) is 14.8 Å². The Labute approximate surface area is 119 Å². The SMILES string of the molecule is CN(CC(N)=O)C[C@@H]1CN(Cc2cccnc2)CCO1. The second-order valence-electron chi connectivity index (χ2n) is 5.25. The molecule has 20 heavy (non-hydrogen) atoms. The van der Waals surface area contributed by atoms with E-state index in [1.54, 1.807) is 6.20 Å². The van der Waals surface area contributed by atoms with E-state index in [1.807, 2.05) is 24.2 Å². The Morgan fingerprint density at radius 2 is 2.50 bits per heavy atom. The molecule has 1 aliphatic heterocycles. The molecule has 0 bridgehead atoms. The summed E-state index contributed by atoms with van der Waals surface area (Å²) in [6.07, 6.45) is 3.79. The van der Waals surface area contributed by atoms with Crippen molar-refractivity contribution in [2.45, 2.75) is 12.6 Å². The highest BCUT2D eigenvalue weighted by atomic mass is 16.5. The molecule has 6 heteroatoms. The summed E-state index contributed by atoms with van der Waals surface area (Å²) in [4.78, 5) is 19.3. The number of aromatic nitrogens is 1. The van der Waals surface area contributed by atoms with Crippen molar-refractivity contribution in [3.63, 3.8) is 0 Å². The second kappa shape index (κ2) is 7.33. The number of carbonyl (C=O) groups excluding carboxylic acids is 1. The van der Waals surface area contributed by atoms with Gasteiger partial charge < -0.3 is 10.5 Å². The van der Waals surface area contributed by atoms with Gasteiger partial charge in [-0.2, -0.15) is 0 Å². The molecule has 0 radical (unpaired) electrons. The Bertz CT molecular complexity index is 426. The Morgan fingerprint density at radius 3 is 3.20 bits per heavy atom. The second-order valence-corrected chi connectivity index (χ2v) is 5.25. The number of morpholine rings is 1. The van der Waals surface area contributed by atoms with Gasteiger partial charge in [0, 0.05) is 38.6 Å². The number of hydrogen-bond donors (Lipinski definition) is 1. The molecule has 1 fully saturated rings. The standard InChI is InChI=1S/C14H22N4O2/c1-17(11-14(15)19)9-13-10-18(5-6-20-13)8-12-3-2-4-16-7-12/h2-4,7,13H,5-6,8-11H2,1H3,(H2,15,19)/t13-/m1/s1. The lowest BCUT2D eigenvalue weighted by Crippen LogP contribution is -2.47. The van der Waals surface area contributed by atoms with Crippen molar-refractivity contribution in [3.05, 3.63) is 30.1 Å². The van der Waals surface area contributed by atoms with Gasteiger partial charge in [0.25, 0.3) is 0 Å². The minimum absolute atomic E-state index is 0.116. The molecule has 1 aliphatic rings. The lowest BCUT2D eigenvalue weighted by Gasteiger charge is -2.34. The summed E-state index contributed by atoms with van der Waals surface area (Å²) in [5, 5.41) is 0. The molecule has 0 unspecified atom stereocenters. The van der Waals surface area contributed by atoms with Crippen LogP contribution in [-0.4, -0.2) is 66.6 Å². The molecule has 2 N–H and O–H groups in total. The van der Waals surface area contributed by atoms with Gasteiger partial charge in [-0.3, -0.25) is 19.6 Å². The zero-order valence-electron chi connectivity index (χ0n) is 11.9. The van der Waals surface area contributed by atoms with Crippen LogP contribution in [0.4, 0.5) is 0 Å². The van der Waals surface area contributed by atoms with Gasteiger partial charge in [0.1, 0.15) is 0 Å². The molecule has 0 saturated carbocycles. The van der Waals surface area contributed by atoms with Crippen LogP contribution in [0.3, 0.4) is 0 Å². The first-order valence-corrected chi connectivity index (χ1v) is 6.83. The van der Waals surface area contributed by atoms with Crippen molar-refractivity contribution in [1.29, 1.82) is 0 Å². The van der Waals surface area contributed by atoms with Crippen LogP contribution in [-0.2, 0) is 16.1 Å². The van der Waals surface area contributed by atoms with Crippen LogP contribution < -0.4 is 5.73 Å². The van der Waals surface area contributed by atoms with Crippen LogP contribution in [0.1, 0.15) is 5.56 Å². The van der Waals surface area contributed by atoms with E-state index in [-0.39, 0.29) is 18.6 Å². The number of pyridine rings is 1. The molecule has 110 valence electrons. The third-order valence-corrected chi connectivity index (χ3v) is 3.29. The number of primary amides is 1. The maximum Gasteiger partial charge on any atom is 0.231 e. The highest BCUT2D eigenvalue weighted by Crippen LogP contribution is 2.10. The molecule has 0 spiro atoms. The molecule has 1 aromatic heterocycles. The topological polar surface area (TPSA) is 71.7 Å². The quantitative estimate of drug-likeness (QED) is 0.773. The van der Waals surface area contributed by atoms with Crippen molar-refractivity contribution in [2.75, 3.05) is 39.8 Å². The van der Waals surface area contributed by atoms with Crippen molar-refractivity contribution in [3.8, 4) is 0 Å². The number of carbonyl (C=O) groups is 1. The molecule has 0 aliphatic carbocycles. The van der Waals surface area contributed by atoms with Gasteiger partial charge in [0.15, 0.2) is 0 Å². The van der Waals surface area contributed by atoms with Gasteiger partial charge in [0.05, 0.1) is 19.3 Å². The predicted octanol–water partition coefficient (Wildman–Crippen LogP) is -0.300. The molecule has 1 amide bonds. The Morgan fingerprint density at radius 1 is 1.65 bits per heavy atom. The molecule has 2 heterocycles. The summed E-state index contributed by atoms with van der Waals surface area (Å²) in [5.74, 6) is -0.310. The van der Waals surface area contributed by atoms with E-state index in [2.05, 4.69) is 16.0 Å². The van der Waals surface area contributed by atoms with E-state index in [0.717, 1.165) is 26.2 Å². The first-order chi connectivity index (χ1) is 9.63. The molecule has 6 nitrogen and oxygen atoms in total. The summed E-state index contributed by atoms with van der Waals surface area (Å²) in [7, 11) is 1.88. The summed E-state index contributed by atoms with van der Waals surface area (Å²) in [6, 6.07) is 4.03. The average Bonchev–Trinajstić information content (AvgIpc) is 2.39. The largest absolute Gasteiger partial charge is 0.374 e. The summed E-state index contributed by atoms with van der Waals surface area (Å²) >= 11 is 0. The van der Waals surface area contributed by atoms with E-state index >= 15 is 0 Å². The fraction of sp³-hybridized carbons (Fsp3) is 0.571. The van der Waals surface area contributed by atoms with E-state index in [1.165, 1.54) is 5.56 Å². The third-order valence-electron chi connectivity index (χ3n) is 3.29. The number of nitrogens with two attached hydrogens (primary N) is 1. The lowest BCUT2D eigenvalue weighted by atomic mass is 10.2. The van der Waals surface area contributed by atoms with E-state index in [9.17, 15) is 4.79 Å². The van der Waals surface area contributed by atoms with Gasteiger partial charge in [-0.25, -0.2) is 0 Å². The van der Waals surface area contributed by atoms with Crippen molar-refractivity contribution >= 4 is 5.91 Å². The Balaban J connectivity index is 1.81.